The number of nitro benzene ring substituents is 1. The van der Waals surface area contributed by atoms with E-state index in [0.29, 0.717) is 18.8 Å². The van der Waals surface area contributed by atoms with Crippen molar-refractivity contribution in [3.63, 3.8) is 0 Å². The molecule has 27 heavy (non-hydrogen) atoms. The fourth-order valence-electron chi connectivity index (χ4n) is 2.40. The molecule has 8 nitrogen and oxygen atoms in total. The topological polar surface area (TPSA) is 111 Å². The number of nitro groups is 1. The Kier molecular flexibility index (Phi) is 6.86. The van der Waals surface area contributed by atoms with Gasteiger partial charge in [0.15, 0.2) is 0 Å². The molecular weight excluding hydrogens is 374 g/mol. The first-order valence-corrected chi connectivity index (χ1v) is 8.35. The summed E-state index contributed by atoms with van der Waals surface area (Å²) in [5, 5.41) is 16.4. The van der Waals surface area contributed by atoms with E-state index >= 15 is 0 Å². The quantitative estimate of drug-likeness (QED) is 0.428. The van der Waals surface area contributed by atoms with Gasteiger partial charge in [-0.1, -0.05) is 17.7 Å². The zero-order valence-electron chi connectivity index (χ0n) is 14.7. The molecule has 2 amide bonds. The first kappa shape index (κ1) is 20.3. The molecule has 2 rings (SSSR count). The Balaban J connectivity index is 2.15. The molecule has 0 fully saturated rings. The largest absolute Gasteiger partial charge is 0.383 e. The molecule has 0 heterocycles. The number of carbonyl (C=O) groups excluding carboxylic acids is 2. The van der Waals surface area contributed by atoms with Crippen molar-refractivity contribution in [3.05, 3.63) is 68.2 Å². The monoisotopic (exact) mass is 391 g/mol. The van der Waals surface area contributed by atoms with Crippen LogP contribution in [0.15, 0.2) is 36.4 Å². The maximum atomic E-state index is 12.4. The zero-order valence-corrected chi connectivity index (χ0v) is 15.5. The van der Waals surface area contributed by atoms with Crippen LogP contribution in [-0.2, 0) is 4.74 Å². The molecule has 0 saturated heterocycles. The summed E-state index contributed by atoms with van der Waals surface area (Å²) in [5.74, 6) is -0.867. The van der Waals surface area contributed by atoms with Crippen LogP contribution in [0.5, 0.6) is 0 Å². The van der Waals surface area contributed by atoms with Gasteiger partial charge in [0.25, 0.3) is 17.5 Å². The van der Waals surface area contributed by atoms with E-state index in [0.717, 1.165) is 0 Å². The molecule has 0 aliphatic rings. The lowest BCUT2D eigenvalue weighted by atomic mass is 10.1. The van der Waals surface area contributed by atoms with Crippen LogP contribution in [0, 0.1) is 17.0 Å². The molecule has 0 aromatic heterocycles. The van der Waals surface area contributed by atoms with Crippen molar-refractivity contribution in [3.8, 4) is 0 Å². The zero-order chi connectivity index (χ0) is 20.0. The lowest BCUT2D eigenvalue weighted by Gasteiger charge is -2.10. The molecule has 142 valence electrons. The normalized spacial score (nSPS) is 10.3. The second kappa shape index (κ2) is 9.11. The van der Waals surface area contributed by atoms with E-state index in [1.807, 2.05) is 0 Å². The first-order chi connectivity index (χ1) is 12.8. The summed E-state index contributed by atoms with van der Waals surface area (Å²) >= 11 is 6.13. The Morgan fingerprint density at radius 2 is 1.93 bits per heavy atom. The summed E-state index contributed by atoms with van der Waals surface area (Å²) in [4.78, 5) is 34.9. The molecular formula is C18H18ClN3O5. The summed E-state index contributed by atoms with van der Waals surface area (Å²) in [5.41, 5.74) is 0.937. The number of ether oxygens (including phenoxy) is 1. The van der Waals surface area contributed by atoms with Crippen LogP contribution in [0.2, 0.25) is 5.02 Å². The van der Waals surface area contributed by atoms with Crippen LogP contribution in [0.4, 0.5) is 11.4 Å². The SMILES string of the molecule is COCCNC(=O)c1ccc(NC(=O)c2cccc([N+](=O)[O-])c2C)cc1Cl. The molecule has 0 spiro atoms. The number of halogens is 1. The third kappa shape index (κ3) is 5.02. The minimum absolute atomic E-state index is 0.135. The molecule has 2 aromatic carbocycles. The molecule has 0 saturated carbocycles. The van der Waals surface area contributed by atoms with Gasteiger partial charge in [-0.3, -0.25) is 19.7 Å². The van der Waals surface area contributed by atoms with Gasteiger partial charge in [-0.25, -0.2) is 0 Å². The second-order valence-electron chi connectivity index (χ2n) is 5.60. The number of rotatable bonds is 7. The van der Waals surface area contributed by atoms with Gasteiger partial charge in [-0.05, 0) is 31.2 Å². The number of amides is 2. The van der Waals surface area contributed by atoms with Crippen LogP contribution in [0.3, 0.4) is 0 Å². The van der Waals surface area contributed by atoms with E-state index < -0.39 is 10.8 Å². The van der Waals surface area contributed by atoms with Crippen LogP contribution in [-0.4, -0.2) is 37.0 Å². The van der Waals surface area contributed by atoms with Crippen molar-refractivity contribution in [1.82, 2.24) is 5.32 Å². The standard InChI is InChI=1S/C18H18ClN3O5/c1-11-13(4-3-5-16(11)22(25)26)18(24)21-12-6-7-14(15(19)10-12)17(23)20-8-9-27-2/h3-7,10H,8-9H2,1-2H3,(H,20,23)(H,21,24). The van der Waals surface area contributed by atoms with Crippen molar-refractivity contribution in [2.45, 2.75) is 6.92 Å². The van der Waals surface area contributed by atoms with E-state index in [1.54, 1.807) is 0 Å². The lowest BCUT2D eigenvalue weighted by molar-refractivity contribution is -0.385. The molecule has 0 atom stereocenters. The van der Waals surface area contributed by atoms with Crippen LogP contribution >= 0.6 is 11.6 Å². The van der Waals surface area contributed by atoms with E-state index in [-0.39, 0.29) is 33.3 Å². The van der Waals surface area contributed by atoms with Gasteiger partial charge >= 0.3 is 0 Å². The average Bonchev–Trinajstić information content (AvgIpc) is 2.61. The van der Waals surface area contributed by atoms with Gasteiger partial charge < -0.3 is 15.4 Å². The predicted molar refractivity (Wildman–Crippen MR) is 101 cm³/mol. The number of hydrogen-bond donors (Lipinski definition) is 2. The third-order valence-electron chi connectivity index (χ3n) is 3.81. The third-order valence-corrected chi connectivity index (χ3v) is 4.12. The fourth-order valence-corrected chi connectivity index (χ4v) is 2.67. The Bertz CT molecular complexity index is 885. The van der Waals surface area contributed by atoms with Gasteiger partial charge in [0.05, 0.1) is 22.1 Å². The maximum Gasteiger partial charge on any atom is 0.273 e. The number of carbonyl (C=O) groups is 2. The predicted octanol–water partition coefficient (Wildman–Crippen LogP) is 3.19. The molecule has 0 radical (unpaired) electrons. The van der Waals surface area contributed by atoms with E-state index in [9.17, 15) is 19.7 Å². The maximum absolute atomic E-state index is 12.4. The summed E-state index contributed by atoms with van der Waals surface area (Å²) in [6, 6.07) is 8.73. The highest BCUT2D eigenvalue weighted by molar-refractivity contribution is 6.34. The number of methoxy groups -OCH3 is 1. The number of nitrogens with one attached hydrogen (secondary N) is 2. The molecule has 0 bridgehead atoms. The number of hydrogen-bond acceptors (Lipinski definition) is 5. The van der Waals surface area contributed by atoms with E-state index in [2.05, 4.69) is 10.6 Å². The summed E-state index contributed by atoms with van der Waals surface area (Å²) in [6.45, 7) is 2.23. The Hall–Kier alpha value is -2.97. The molecule has 0 unspecified atom stereocenters. The minimum Gasteiger partial charge on any atom is -0.383 e. The fraction of sp³-hybridized carbons (Fsp3) is 0.222. The Morgan fingerprint density at radius 3 is 2.56 bits per heavy atom. The summed E-state index contributed by atoms with van der Waals surface area (Å²) < 4.78 is 4.86. The van der Waals surface area contributed by atoms with E-state index in [1.165, 1.54) is 50.4 Å². The summed E-state index contributed by atoms with van der Waals surface area (Å²) in [6.07, 6.45) is 0. The highest BCUT2D eigenvalue weighted by atomic mass is 35.5. The van der Waals surface area contributed by atoms with E-state index in [4.69, 9.17) is 16.3 Å². The molecule has 0 aliphatic heterocycles. The first-order valence-electron chi connectivity index (χ1n) is 7.97. The molecule has 2 N–H and O–H groups in total. The van der Waals surface area contributed by atoms with Crippen molar-refractivity contribution in [2.75, 3.05) is 25.6 Å². The molecule has 0 aliphatic carbocycles. The van der Waals surface area contributed by atoms with Crippen LogP contribution in [0.1, 0.15) is 26.3 Å². The van der Waals surface area contributed by atoms with Gasteiger partial charge in [-0.15, -0.1) is 0 Å². The lowest BCUT2D eigenvalue weighted by Crippen LogP contribution is -2.27. The highest BCUT2D eigenvalue weighted by Crippen LogP contribution is 2.24. The van der Waals surface area contributed by atoms with Crippen molar-refractivity contribution < 1.29 is 19.2 Å². The second-order valence-corrected chi connectivity index (χ2v) is 6.01. The van der Waals surface area contributed by atoms with Gasteiger partial charge in [0.2, 0.25) is 0 Å². The van der Waals surface area contributed by atoms with Crippen molar-refractivity contribution >= 4 is 34.8 Å². The number of anilines is 1. The van der Waals surface area contributed by atoms with Gasteiger partial charge in [0.1, 0.15) is 0 Å². The Morgan fingerprint density at radius 1 is 1.19 bits per heavy atom. The molecule has 2 aromatic rings. The smallest absolute Gasteiger partial charge is 0.273 e. The van der Waals surface area contributed by atoms with Crippen molar-refractivity contribution in [1.29, 1.82) is 0 Å². The number of benzene rings is 2. The van der Waals surface area contributed by atoms with Gasteiger partial charge in [0, 0.05) is 36.5 Å². The van der Waals surface area contributed by atoms with Gasteiger partial charge in [-0.2, -0.15) is 0 Å². The number of nitrogens with zero attached hydrogens (tertiary/aromatic N) is 1. The minimum atomic E-state index is -0.542. The average molecular weight is 392 g/mol. The van der Waals surface area contributed by atoms with Crippen molar-refractivity contribution in [2.24, 2.45) is 0 Å². The van der Waals surface area contributed by atoms with Crippen LogP contribution < -0.4 is 10.6 Å². The molecule has 9 heteroatoms. The summed E-state index contributed by atoms with van der Waals surface area (Å²) in [7, 11) is 1.53. The Labute approximate surface area is 160 Å². The highest BCUT2D eigenvalue weighted by Gasteiger charge is 2.18. The van der Waals surface area contributed by atoms with Crippen LogP contribution in [0.25, 0.3) is 0 Å².